The van der Waals surface area contributed by atoms with Gasteiger partial charge in [-0.15, -0.1) is 0 Å². The van der Waals surface area contributed by atoms with Gasteiger partial charge in [-0.1, -0.05) is 18.2 Å². The predicted molar refractivity (Wildman–Crippen MR) is 106 cm³/mol. The summed E-state index contributed by atoms with van der Waals surface area (Å²) in [6.07, 6.45) is 0. The number of nitrogens with one attached hydrogen (secondary N) is 2. The molecule has 0 saturated heterocycles. The Balaban J connectivity index is 1.83. The molecular formula is C19H16F2N2O4S2. The number of aryl methyl sites for hydroxylation is 1. The fraction of sp³-hybridized carbons (Fsp3) is 0.0526. The predicted octanol–water partition coefficient (Wildman–Crippen LogP) is 3.87. The summed E-state index contributed by atoms with van der Waals surface area (Å²) in [4.78, 5) is -0.948. The maximum absolute atomic E-state index is 13.8. The lowest BCUT2D eigenvalue weighted by Crippen LogP contribution is -2.16. The van der Waals surface area contributed by atoms with Crippen molar-refractivity contribution in [2.75, 3.05) is 9.44 Å². The Morgan fingerprint density at radius 2 is 1.41 bits per heavy atom. The molecule has 0 aliphatic heterocycles. The van der Waals surface area contributed by atoms with Gasteiger partial charge in [0.1, 0.15) is 16.5 Å². The zero-order chi connectivity index (χ0) is 21.2. The van der Waals surface area contributed by atoms with Crippen molar-refractivity contribution >= 4 is 31.4 Å². The molecule has 29 heavy (non-hydrogen) atoms. The molecule has 0 atom stereocenters. The zero-order valence-electron chi connectivity index (χ0n) is 15.1. The van der Waals surface area contributed by atoms with Crippen LogP contribution in [0.2, 0.25) is 0 Å². The number of hydrogen-bond acceptors (Lipinski definition) is 4. The van der Waals surface area contributed by atoms with Crippen LogP contribution in [0.1, 0.15) is 5.56 Å². The van der Waals surface area contributed by atoms with Crippen LogP contribution >= 0.6 is 0 Å². The summed E-state index contributed by atoms with van der Waals surface area (Å²) in [5.41, 5.74) is 1.14. The second kappa shape index (κ2) is 7.80. The molecule has 152 valence electrons. The zero-order valence-corrected chi connectivity index (χ0v) is 16.7. The van der Waals surface area contributed by atoms with Crippen LogP contribution in [0.15, 0.2) is 76.5 Å². The van der Waals surface area contributed by atoms with Crippen LogP contribution in [0, 0.1) is 18.6 Å². The monoisotopic (exact) mass is 438 g/mol. The minimum Gasteiger partial charge on any atom is -0.280 e. The molecule has 0 saturated carbocycles. The van der Waals surface area contributed by atoms with E-state index >= 15 is 0 Å². The number of rotatable bonds is 6. The molecule has 3 aromatic rings. The molecule has 0 aliphatic carbocycles. The first-order valence-electron chi connectivity index (χ1n) is 8.25. The van der Waals surface area contributed by atoms with Gasteiger partial charge in [-0.25, -0.2) is 25.6 Å². The van der Waals surface area contributed by atoms with Gasteiger partial charge in [-0.2, -0.15) is 0 Å². The third-order valence-electron chi connectivity index (χ3n) is 3.99. The lowest BCUT2D eigenvalue weighted by Gasteiger charge is -2.12. The lowest BCUT2D eigenvalue weighted by molar-refractivity contribution is 0.555. The second-order valence-corrected chi connectivity index (χ2v) is 9.46. The standard InChI is InChI=1S/C19H16F2N2O4S2/c1-13-4-2-3-5-18(13)23-28(24,25)16-9-7-15(8-10-16)22-29(26,27)19-12-14(20)6-11-17(19)21/h2-12,22-23H,1H3. The van der Waals surface area contributed by atoms with Crippen LogP contribution in [0.25, 0.3) is 0 Å². The Labute approximate surface area is 167 Å². The van der Waals surface area contributed by atoms with Gasteiger partial charge in [0.05, 0.1) is 10.6 Å². The minimum absolute atomic E-state index is 0.0106. The van der Waals surface area contributed by atoms with E-state index in [1.165, 1.54) is 24.3 Å². The first kappa shape index (κ1) is 20.7. The Morgan fingerprint density at radius 1 is 0.759 bits per heavy atom. The van der Waals surface area contributed by atoms with Crippen molar-refractivity contribution in [2.24, 2.45) is 0 Å². The Hall–Kier alpha value is -2.98. The normalized spacial score (nSPS) is 11.8. The molecule has 0 radical (unpaired) electrons. The number of para-hydroxylation sites is 1. The smallest absolute Gasteiger partial charge is 0.264 e. The quantitative estimate of drug-likeness (QED) is 0.611. The molecular weight excluding hydrogens is 422 g/mol. The summed E-state index contributed by atoms with van der Waals surface area (Å²) in [5, 5.41) is 0. The van der Waals surface area contributed by atoms with E-state index in [4.69, 9.17) is 0 Å². The molecule has 0 spiro atoms. The molecule has 0 unspecified atom stereocenters. The summed E-state index contributed by atoms with van der Waals surface area (Å²) in [6.45, 7) is 1.75. The van der Waals surface area contributed by atoms with E-state index in [2.05, 4.69) is 9.44 Å². The van der Waals surface area contributed by atoms with E-state index < -0.39 is 36.6 Å². The maximum atomic E-state index is 13.8. The highest BCUT2D eigenvalue weighted by atomic mass is 32.2. The molecule has 0 aliphatic rings. The highest BCUT2D eigenvalue weighted by Crippen LogP contribution is 2.23. The first-order valence-corrected chi connectivity index (χ1v) is 11.2. The van der Waals surface area contributed by atoms with Gasteiger partial charge in [0.2, 0.25) is 0 Å². The molecule has 6 nitrogen and oxygen atoms in total. The summed E-state index contributed by atoms with van der Waals surface area (Å²) in [6, 6.07) is 13.7. The van der Waals surface area contributed by atoms with E-state index in [1.54, 1.807) is 31.2 Å². The number of benzene rings is 3. The van der Waals surface area contributed by atoms with Crippen molar-refractivity contribution in [1.82, 2.24) is 0 Å². The molecule has 0 amide bonds. The summed E-state index contributed by atoms with van der Waals surface area (Å²) in [7, 11) is -8.30. The Morgan fingerprint density at radius 3 is 2.07 bits per heavy atom. The van der Waals surface area contributed by atoms with Gasteiger partial charge in [0.25, 0.3) is 20.0 Å². The molecule has 0 heterocycles. The van der Waals surface area contributed by atoms with Crippen molar-refractivity contribution in [3.05, 3.63) is 83.9 Å². The second-order valence-electron chi connectivity index (χ2n) is 6.13. The Kier molecular flexibility index (Phi) is 5.58. The highest BCUT2D eigenvalue weighted by Gasteiger charge is 2.21. The number of hydrogen-bond donors (Lipinski definition) is 2. The topological polar surface area (TPSA) is 92.3 Å². The van der Waals surface area contributed by atoms with Crippen molar-refractivity contribution in [1.29, 1.82) is 0 Å². The van der Waals surface area contributed by atoms with E-state index in [9.17, 15) is 25.6 Å². The van der Waals surface area contributed by atoms with Gasteiger partial charge in [0, 0.05) is 5.69 Å². The van der Waals surface area contributed by atoms with Gasteiger partial charge in [-0.3, -0.25) is 9.44 Å². The van der Waals surface area contributed by atoms with Crippen LogP contribution in [0.5, 0.6) is 0 Å². The van der Waals surface area contributed by atoms with Gasteiger partial charge in [-0.05, 0) is 61.0 Å². The van der Waals surface area contributed by atoms with Crippen LogP contribution in [0.4, 0.5) is 20.2 Å². The third-order valence-corrected chi connectivity index (χ3v) is 6.77. The molecule has 3 aromatic carbocycles. The van der Waals surface area contributed by atoms with Crippen molar-refractivity contribution in [3.63, 3.8) is 0 Å². The van der Waals surface area contributed by atoms with Gasteiger partial charge < -0.3 is 0 Å². The molecule has 0 fully saturated rings. The van der Waals surface area contributed by atoms with E-state index in [0.717, 1.165) is 11.6 Å². The highest BCUT2D eigenvalue weighted by molar-refractivity contribution is 7.93. The van der Waals surface area contributed by atoms with Crippen LogP contribution < -0.4 is 9.44 Å². The first-order chi connectivity index (χ1) is 13.6. The molecule has 0 aromatic heterocycles. The van der Waals surface area contributed by atoms with E-state index in [0.29, 0.717) is 17.8 Å². The molecule has 10 heteroatoms. The van der Waals surface area contributed by atoms with Gasteiger partial charge >= 0.3 is 0 Å². The van der Waals surface area contributed by atoms with Crippen LogP contribution in [-0.2, 0) is 20.0 Å². The van der Waals surface area contributed by atoms with E-state index in [-0.39, 0.29) is 10.6 Å². The average Bonchev–Trinajstić information content (AvgIpc) is 2.65. The van der Waals surface area contributed by atoms with Crippen LogP contribution in [0.3, 0.4) is 0 Å². The van der Waals surface area contributed by atoms with E-state index in [1.807, 2.05) is 0 Å². The fourth-order valence-electron chi connectivity index (χ4n) is 2.49. The van der Waals surface area contributed by atoms with Crippen molar-refractivity contribution < 1.29 is 25.6 Å². The Bertz CT molecular complexity index is 1260. The third kappa shape index (κ3) is 4.72. The minimum atomic E-state index is -4.40. The average molecular weight is 438 g/mol. The van der Waals surface area contributed by atoms with Crippen molar-refractivity contribution in [3.8, 4) is 0 Å². The number of sulfonamides is 2. The SMILES string of the molecule is Cc1ccccc1NS(=O)(=O)c1ccc(NS(=O)(=O)c2cc(F)ccc2F)cc1. The van der Waals surface area contributed by atoms with Gasteiger partial charge in [0.15, 0.2) is 0 Å². The lowest BCUT2D eigenvalue weighted by atomic mass is 10.2. The fourth-order valence-corrected chi connectivity index (χ4v) is 4.77. The molecule has 0 bridgehead atoms. The summed E-state index contributed by atoms with van der Waals surface area (Å²) < 4.78 is 81.2. The largest absolute Gasteiger partial charge is 0.280 e. The number of halogens is 2. The summed E-state index contributed by atoms with van der Waals surface area (Å²) >= 11 is 0. The maximum Gasteiger partial charge on any atom is 0.264 e. The molecule has 3 rings (SSSR count). The van der Waals surface area contributed by atoms with Crippen LogP contribution in [-0.4, -0.2) is 16.8 Å². The number of anilines is 2. The summed E-state index contributed by atoms with van der Waals surface area (Å²) in [5.74, 6) is -2.02. The molecule has 2 N–H and O–H groups in total. The van der Waals surface area contributed by atoms with Crippen molar-refractivity contribution in [2.45, 2.75) is 16.7 Å².